The zero-order valence-corrected chi connectivity index (χ0v) is 19.8. The molecule has 0 saturated heterocycles. The smallest absolute Gasteiger partial charge is 0.0777 e. The molecule has 146 valence electrons. The van der Waals surface area contributed by atoms with Crippen molar-refractivity contribution in [2.24, 2.45) is 10.9 Å². The van der Waals surface area contributed by atoms with Crippen molar-refractivity contribution in [3.8, 4) is 0 Å². The number of unbranched alkanes of at least 4 members (excludes halogenated alkanes) is 4. The van der Waals surface area contributed by atoms with Gasteiger partial charge in [-0.25, -0.2) is 4.99 Å². The number of nitrogens with zero attached hydrogens (tertiary/aromatic N) is 1. The number of para-hydroxylation sites is 1. The fourth-order valence-corrected chi connectivity index (χ4v) is 4.62. The first-order valence-electron chi connectivity index (χ1n) is 9.90. The van der Waals surface area contributed by atoms with Crippen LogP contribution in [-0.2, 0) is 0 Å². The lowest BCUT2D eigenvalue weighted by Gasteiger charge is -2.17. The van der Waals surface area contributed by atoms with Crippen LogP contribution in [-0.4, -0.2) is 7.05 Å². The zero-order valence-electron chi connectivity index (χ0n) is 16.6. The van der Waals surface area contributed by atoms with Crippen LogP contribution >= 0.6 is 35.7 Å². The number of halogens is 1. The van der Waals surface area contributed by atoms with Crippen LogP contribution in [0, 0.1) is 5.92 Å². The van der Waals surface area contributed by atoms with E-state index in [4.69, 9.17) is 4.99 Å². The number of nitrogens with one attached hydrogen (secondary N) is 1. The van der Waals surface area contributed by atoms with Gasteiger partial charge in [-0.2, -0.15) is 0 Å². The Morgan fingerprint density at radius 1 is 1.04 bits per heavy atom. The van der Waals surface area contributed by atoms with Crippen molar-refractivity contribution >= 4 is 47.1 Å². The van der Waals surface area contributed by atoms with Crippen molar-refractivity contribution in [3.63, 3.8) is 0 Å². The summed E-state index contributed by atoms with van der Waals surface area (Å²) in [6.07, 6.45) is 7.96. The second kappa shape index (κ2) is 11.1. The number of hydrogen-bond donors (Lipinski definition) is 1. The minimum absolute atomic E-state index is 0. The van der Waals surface area contributed by atoms with Crippen molar-refractivity contribution in [1.29, 1.82) is 0 Å². The topological polar surface area (TPSA) is 24.4 Å². The summed E-state index contributed by atoms with van der Waals surface area (Å²) in [4.78, 5) is 7.30. The van der Waals surface area contributed by atoms with E-state index in [0.29, 0.717) is 5.92 Å². The molecule has 0 bridgehead atoms. The molecule has 2 aromatic carbocycles. The lowest BCUT2D eigenvalue weighted by Crippen LogP contribution is -2.24. The summed E-state index contributed by atoms with van der Waals surface area (Å²) in [5.74, 6) is 0.553. The van der Waals surface area contributed by atoms with E-state index in [0.717, 1.165) is 11.0 Å². The normalized spacial score (nSPS) is 14.2. The van der Waals surface area contributed by atoms with Crippen molar-refractivity contribution in [3.05, 3.63) is 53.0 Å². The highest BCUT2D eigenvalue weighted by Crippen LogP contribution is 2.35. The first-order chi connectivity index (χ1) is 12.7. The Labute approximate surface area is 185 Å². The Bertz CT molecular complexity index is 863. The maximum absolute atomic E-state index is 4.81. The molecule has 4 heteroatoms. The molecular formula is C23H31IN2S. The average Bonchev–Trinajstić information content (AvgIpc) is 2.66. The van der Waals surface area contributed by atoms with E-state index in [1.807, 2.05) is 11.8 Å². The fourth-order valence-electron chi connectivity index (χ4n) is 3.61. The van der Waals surface area contributed by atoms with E-state index in [1.165, 1.54) is 59.2 Å². The van der Waals surface area contributed by atoms with Crippen LogP contribution in [0.5, 0.6) is 0 Å². The van der Waals surface area contributed by atoms with E-state index in [1.54, 1.807) is 0 Å². The Morgan fingerprint density at radius 2 is 1.81 bits per heavy atom. The Morgan fingerprint density at radius 3 is 2.59 bits per heavy atom. The van der Waals surface area contributed by atoms with Gasteiger partial charge in [-0.15, -0.1) is 24.0 Å². The summed E-state index contributed by atoms with van der Waals surface area (Å²) in [5.41, 5.74) is 2.43. The molecule has 1 aliphatic rings. The van der Waals surface area contributed by atoms with Crippen molar-refractivity contribution in [1.82, 2.24) is 5.32 Å². The minimum Gasteiger partial charge on any atom is -0.391 e. The predicted molar refractivity (Wildman–Crippen MR) is 128 cm³/mol. The Balaban J connectivity index is 0.00000261. The second-order valence-electron chi connectivity index (χ2n) is 7.13. The molecule has 0 amide bonds. The highest BCUT2D eigenvalue weighted by Gasteiger charge is 2.13. The molecule has 1 aliphatic heterocycles. The van der Waals surface area contributed by atoms with E-state index in [-0.39, 0.29) is 24.0 Å². The molecule has 27 heavy (non-hydrogen) atoms. The molecule has 2 nitrogen and oxygen atoms in total. The van der Waals surface area contributed by atoms with Crippen molar-refractivity contribution in [2.75, 3.05) is 7.05 Å². The molecule has 0 aliphatic carbocycles. The van der Waals surface area contributed by atoms with Gasteiger partial charge in [0.1, 0.15) is 0 Å². The summed E-state index contributed by atoms with van der Waals surface area (Å²) in [5, 5.41) is 5.86. The lowest BCUT2D eigenvalue weighted by molar-refractivity contribution is 0.548. The van der Waals surface area contributed by atoms with Crippen LogP contribution < -0.4 is 15.9 Å². The molecular weight excluding hydrogens is 463 g/mol. The Hall–Kier alpha value is -1.01. The molecule has 0 radical (unpaired) electrons. The first kappa shape index (κ1) is 22.3. The molecule has 0 fully saturated rings. The van der Waals surface area contributed by atoms with Crippen LogP contribution in [0.15, 0.2) is 57.2 Å². The summed E-state index contributed by atoms with van der Waals surface area (Å²) in [6.45, 7) is 4.62. The van der Waals surface area contributed by atoms with Gasteiger partial charge in [-0.3, -0.25) is 0 Å². The Kier molecular flexibility index (Phi) is 9.16. The third-order valence-corrected chi connectivity index (χ3v) is 6.21. The number of benzene rings is 2. The van der Waals surface area contributed by atoms with E-state index < -0.39 is 0 Å². The largest absolute Gasteiger partial charge is 0.391 e. The molecule has 1 heterocycles. The van der Waals surface area contributed by atoms with Gasteiger partial charge in [-0.1, -0.05) is 75.9 Å². The minimum atomic E-state index is 0. The number of hydrogen-bond acceptors (Lipinski definition) is 3. The maximum atomic E-state index is 4.81. The number of fused-ring (bicyclic) bond motifs is 2. The molecule has 1 unspecified atom stereocenters. The SMILES string of the molecule is CCCCCCCC(C)C(NC)=c1ccc2c(c1)Sc1ccccc1N=2.I. The third kappa shape index (κ3) is 5.74. The summed E-state index contributed by atoms with van der Waals surface area (Å²) in [7, 11) is 2.05. The highest BCUT2D eigenvalue weighted by atomic mass is 127. The van der Waals surface area contributed by atoms with Crippen LogP contribution in [0.4, 0.5) is 5.69 Å². The molecule has 1 atom stereocenters. The third-order valence-electron chi connectivity index (χ3n) is 5.10. The van der Waals surface area contributed by atoms with Gasteiger partial charge < -0.3 is 5.32 Å². The molecule has 0 aromatic heterocycles. The zero-order chi connectivity index (χ0) is 18.4. The molecule has 3 rings (SSSR count). The molecule has 0 saturated carbocycles. The molecule has 2 aromatic rings. The first-order valence-corrected chi connectivity index (χ1v) is 10.7. The van der Waals surface area contributed by atoms with Crippen molar-refractivity contribution in [2.45, 2.75) is 62.2 Å². The van der Waals surface area contributed by atoms with Gasteiger partial charge in [0.15, 0.2) is 0 Å². The van der Waals surface area contributed by atoms with Gasteiger partial charge in [0.05, 0.1) is 11.0 Å². The molecule has 1 N–H and O–H groups in total. The monoisotopic (exact) mass is 494 g/mol. The maximum Gasteiger partial charge on any atom is 0.0777 e. The summed E-state index contributed by atoms with van der Waals surface area (Å²) in [6, 6.07) is 15.1. The van der Waals surface area contributed by atoms with Crippen LogP contribution in [0.25, 0.3) is 5.70 Å². The predicted octanol–water partition coefficient (Wildman–Crippen LogP) is 6.04. The number of rotatable bonds is 8. The van der Waals surface area contributed by atoms with Gasteiger partial charge in [-0.05, 0) is 41.8 Å². The quantitative estimate of drug-likeness (QED) is 0.305. The lowest BCUT2D eigenvalue weighted by atomic mass is 9.97. The van der Waals surface area contributed by atoms with Gasteiger partial charge in [0.2, 0.25) is 0 Å². The van der Waals surface area contributed by atoms with Crippen LogP contribution in [0.1, 0.15) is 52.4 Å². The summed E-state index contributed by atoms with van der Waals surface area (Å²) < 4.78 is 0. The highest BCUT2D eigenvalue weighted by molar-refractivity contribution is 14.0. The van der Waals surface area contributed by atoms with Gasteiger partial charge >= 0.3 is 0 Å². The van der Waals surface area contributed by atoms with E-state index >= 15 is 0 Å². The molecule has 0 spiro atoms. The summed E-state index contributed by atoms with van der Waals surface area (Å²) >= 11 is 1.83. The standard InChI is InChI=1S/C23H30N2S.HI/c1-4-5-6-7-8-11-17(2)23(24-3)18-14-15-20-22(16-18)26-21-13-10-9-12-19(21)25-20;/h9-10,12-17,24H,4-8,11H2,1-3H3;1H. The van der Waals surface area contributed by atoms with Crippen LogP contribution in [0.3, 0.4) is 0 Å². The fraction of sp³-hybridized carbons (Fsp3) is 0.435. The van der Waals surface area contributed by atoms with E-state index in [9.17, 15) is 0 Å². The van der Waals surface area contributed by atoms with E-state index in [2.05, 4.69) is 68.7 Å². The second-order valence-corrected chi connectivity index (χ2v) is 8.22. The van der Waals surface area contributed by atoms with Gasteiger partial charge in [0.25, 0.3) is 0 Å². The average molecular weight is 494 g/mol. The van der Waals surface area contributed by atoms with Gasteiger partial charge in [0, 0.05) is 22.5 Å². The van der Waals surface area contributed by atoms with Crippen LogP contribution in [0.2, 0.25) is 0 Å². The van der Waals surface area contributed by atoms with Crippen molar-refractivity contribution < 1.29 is 0 Å².